The van der Waals surface area contributed by atoms with Gasteiger partial charge in [0, 0.05) is 31.3 Å². The SMILES string of the molecule is CC1CCCC(N(C)C2(CN)CCCOCC2)C1. The molecule has 1 aliphatic carbocycles. The molecule has 0 amide bonds. The Morgan fingerprint density at radius 2 is 2.06 bits per heavy atom. The fraction of sp³-hybridized carbons (Fsp3) is 1.00. The molecule has 0 aromatic heterocycles. The van der Waals surface area contributed by atoms with Crippen LogP contribution < -0.4 is 5.73 Å². The molecule has 3 unspecified atom stereocenters. The summed E-state index contributed by atoms with van der Waals surface area (Å²) < 4.78 is 5.63. The smallest absolute Gasteiger partial charge is 0.0484 e. The van der Waals surface area contributed by atoms with E-state index in [2.05, 4.69) is 18.9 Å². The number of nitrogens with zero attached hydrogens (tertiary/aromatic N) is 1. The zero-order chi connectivity index (χ0) is 13.0. The van der Waals surface area contributed by atoms with Crippen LogP contribution in [0.1, 0.15) is 51.9 Å². The molecular weight excluding hydrogens is 224 g/mol. The molecule has 2 N–H and O–H groups in total. The first kappa shape index (κ1) is 14.3. The predicted molar refractivity (Wildman–Crippen MR) is 75.6 cm³/mol. The van der Waals surface area contributed by atoms with E-state index in [1.165, 1.54) is 32.1 Å². The molecule has 3 heteroatoms. The molecule has 3 atom stereocenters. The molecule has 1 saturated carbocycles. The average Bonchev–Trinajstić information content (AvgIpc) is 2.64. The highest BCUT2D eigenvalue weighted by atomic mass is 16.5. The van der Waals surface area contributed by atoms with Gasteiger partial charge in [0.2, 0.25) is 0 Å². The van der Waals surface area contributed by atoms with Gasteiger partial charge in [-0.3, -0.25) is 4.90 Å². The van der Waals surface area contributed by atoms with Crippen LogP contribution in [0.4, 0.5) is 0 Å². The molecule has 1 heterocycles. The van der Waals surface area contributed by atoms with Gasteiger partial charge in [-0.15, -0.1) is 0 Å². The van der Waals surface area contributed by atoms with Crippen molar-refractivity contribution >= 4 is 0 Å². The number of likely N-dealkylation sites (N-methyl/N-ethyl adjacent to an activating group) is 1. The number of ether oxygens (including phenoxy) is 1. The molecule has 2 fully saturated rings. The third-order valence-corrected chi connectivity index (χ3v) is 5.23. The van der Waals surface area contributed by atoms with Gasteiger partial charge in [-0.05, 0) is 45.1 Å². The molecule has 18 heavy (non-hydrogen) atoms. The van der Waals surface area contributed by atoms with E-state index in [9.17, 15) is 0 Å². The summed E-state index contributed by atoms with van der Waals surface area (Å²) in [6.45, 7) is 4.96. The van der Waals surface area contributed by atoms with Crippen molar-refractivity contribution in [3.8, 4) is 0 Å². The summed E-state index contributed by atoms with van der Waals surface area (Å²) in [5.41, 5.74) is 6.35. The predicted octanol–water partition coefficient (Wildman–Crippen LogP) is 2.39. The summed E-state index contributed by atoms with van der Waals surface area (Å²) >= 11 is 0. The summed E-state index contributed by atoms with van der Waals surface area (Å²) in [6, 6.07) is 0.732. The van der Waals surface area contributed by atoms with E-state index in [1.807, 2.05) is 0 Å². The fourth-order valence-corrected chi connectivity index (χ4v) is 3.83. The van der Waals surface area contributed by atoms with E-state index in [-0.39, 0.29) is 5.54 Å². The van der Waals surface area contributed by atoms with Crippen LogP contribution in [0.5, 0.6) is 0 Å². The lowest BCUT2D eigenvalue weighted by Crippen LogP contribution is -2.56. The van der Waals surface area contributed by atoms with Gasteiger partial charge in [0.05, 0.1) is 0 Å². The molecule has 2 rings (SSSR count). The maximum atomic E-state index is 6.15. The lowest BCUT2D eigenvalue weighted by atomic mass is 9.81. The van der Waals surface area contributed by atoms with Crippen molar-refractivity contribution < 1.29 is 4.74 Å². The van der Waals surface area contributed by atoms with Crippen LogP contribution in [0.3, 0.4) is 0 Å². The minimum atomic E-state index is 0.193. The van der Waals surface area contributed by atoms with Gasteiger partial charge >= 0.3 is 0 Å². The molecule has 0 aromatic carbocycles. The van der Waals surface area contributed by atoms with Crippen LogP contribution in [0.2, 0.25) is 0 Å². The van der Waals surface area contributed by atoms with Crippen molar-refractivity contribution in [2.45, 2.75) is 63.5 Å². The van der Waals surface area contributed by atoms with Crippen LogP contribution in [0.15, 0.2) is 0 Å². The van der Waals surface area contributed by atoms with Crippen molar-refractivity contribution in [3.63, 3.8) is 0 Å². The molecule has 2 aliphatic rings. The maximum Gasteiger partial charge on any atom is 0.0484 e. The summed E-state index contributed by atoms with van der Waals surface area (Å²) in [5, 5.41) is 0. The van der Waals surface area contributed by atoms with E-state index in [4.69, 9.17) is 10.5 Å². The summed E-state index contributed by atoms with van der Waals surface area (Å²) in [4.78, 5) is 2.62. The van der Waals surface area contributed by atoms with Gasteiger partial charge in [0.1, 0.15) is 0 Å². The molecule has 0 spiro atoms. The van der Waals surface area contributed by atoms with Crippen LogP contribution >= 0.6 is 0 Å². The molecule has 0 radical (unpaired) electrons. The van der Waals surface area contributed by atoms with Gasteiger partial charge < -0.3 is 10.5 Å². The Morgan fingerprint density at radius 3 is 2.78 bits per heavy atom. The van der Waals surface area contributed by atoms with Crippen molar-refractivity contribution in [2.75, 3.05) is 26.8 Å². The Labute approximate surface area is 112 Å². The molecule has 106 valence electrons. The lowest BCUT2D eigenvalue weighted by Gasteiger charge is -2.47. The van der Waals surface area contributed by atoms with Gasteiger partial charge in [0.15, 0.2) is 0 Å². The zero-order valence-electron chi connectivity index (χ0n) is 12.2. The first-order chi connectivity index (χ1) is 8.68. The highest BCUT2D eigenvalue weighted by Crippen LogP contribution is 2.34. The van der Waals surface area contributed by atoms with E-state index in [0.717, 1.165) is 44.6 Å². The summed E-state index contributed by atoms with van der Waals surface area (Å²) in [5.74, 6) is 0.878. The Kier molecular flexibility index (Phi) is 5.05. The standard InChI is InChI=1S/C15H30N2O/c1-13-5-3-6-14(11-13)17(2)15(12-16)7-4-9-18-10-8-15/h13-14H,3-12,16H2,1-2H3. The zero-order valence-corrected chi connectivity index (χ0v) is 12.2. The minimum Gasteiger partial charge on any atom is -0.381 e. The van der Waals surface area contributed by atoms with E-state index < -0.39 is 0 Å². The summed E-state index contributed by atoms with van der Waals surface area (Å²) in [6.07, 6.45) is 8.94. The van der Waals surface area contributed by atoms with Crippen LogP contribution in [0, 0.1) is 5.92 Å². The van der Waals surface area contributed by atoms with Crippen molar-refractivity contribution in [3.05, 3.63) is 0 Å². The quantitative estimate of drug-likeness (QED) is 0.840. The third-order valence-electron chi connectivity index (χ3n) is 5.23. The fourth-order valence-electron chi connectivity index (χ4n) is 3.83. The molecule has 1 saturated heterocycles. The highest BCUT2D eigenvalue weighted by molar-refractivity contribution is 4.95. The lowest BCUT2D eigenvalue weighted by molar-refractivity contribution is 0.0307. The van der Waals surface area contributed by atoms with Crippen LogP contribution in [-0.2, 0) is 4.74 Å². The number of hydrogen-bond acceptors (Lipinski definition) is 3. The Morgan fingerprint density at radius 1 is 1.22 bits per heavy atom. The first-order valence-corrected chi connectivity index (χ1v) is 7.69. The van der Waals surface area contributed by atoms with Crippen molar-refractivity contribution in [1.82, 2.24) is 4.90 Å². The van der Waals surface area contributed by atoms with Crippen LogP contribution in [-0.4, -0.2) is 43.3 Å². The van der Waals surface area contributed by atoms with E-state index in [0.29, 0.717) is 0 Å². The van der Waals surface area contributed by atoms with Gasteiger partial charge in [-0.2, -0.15) is 0 Å². The normalized spacial score (nSPS) is 38.7. The van der Waals surface area contributed by atoms with Crippen molar-refractivity contribution in [1.29, 1.82) is 0 Å². The second-order valence-electron chi connectivity index (χ2n) is 6.43. The van der Waals surface area contributed by atoms with E-state index >= 15 is 0 Å². The minimum absolute atomic E-state index is 0.193. The largest absolute Gasteiger partial charge is 0.381 e. The Hall–Kier alpha value is -0.120. The molecular formula is C15H30N2O. The molecule has 3 nitrogen and oxygen atoms in total. The number of hydrogen-bond donors (Lipinski definition) is 1. The second kappa shape index (κ2) is 6.36. The van der Waals surface area contributed by atoms with Gasteiger partial charge in [0.25, 0.3) is 0 Å². The molecule has 0 aromatic rings. The average molecular weight is 254 g/mol. The second-order valence-corrected chi connectivity index (χ2v) is 6.43. The topological polar surface area (TPSA) is 38.5 Å². The maximum absolute atomic E-state index is 6.15. The Bertz CT molecular complexity index is 249. The first-order valence-electron chi connectivity index (χ1n) is 7.69. The molecule has 1 aliphatic heterocycles. The van der Waals surface area contributed by atoms with Crippen molar-refractivity contribution in [2.24, 2.45) is 11.7 Å². The highest BCUT2D eigenvalue weighted by Gasteiger charge is 2.38. The van der Waals surface area contributed by atoms with Gasteiger partial charge in [-0.1, -0.05) is 19.8 Å². The Balaban J connectivity index is 2.05. The number of rotatable bonds is 3. The summed E-state index contributed by atoms with van der Waals surface area (Å²) in [7, 11) is 2.31. The monoisotopic (exact) mass is 254 g/mol. The van der Waals surface area contributed by atoms with Crippen LogP contribution in [0.25, 0.3) is 0 Å². The van der Waals surface area contributed by atoms with E-state index in [1.54, 1.807) is 0 Å². The third kappa shape index (κ3) is 3.06. The molecule has 0 bridgehead atoms. The number of nitrogens with two attached hydrogens (primary N) is 1. The van der Waals surface area contributed by atoms with Gasteiger partial charge in [-0.25, -0.2) is 0 Å².